The predicted molar refractivity (Wildman–Crippen MR) is 53.2 cm³/mol. The van der Waals surface area contributed by atoms with E-state index in [0.29, 0.717) is 23.3 Å². The Labute approximate surface area is 87.4 Å². The van der Waals surface area contributed by atoms with Gasteiger partial charge in [0.1, 0.15) is 17.6 Å². The summed E-state index contributed by atoms with van der Waals surface area (Å²) in [6.45, 7) is 1.80. The minimum absolute atomic E-state index is 0.0906. The van der Waals surface area contributed by atoms with Crippen molar-refractivity contribution in [3.63, 3.8) is 0 Å². The second kappa shape index (κ2) is 3.46. The monoisotopic (exact) mass is 208 g/mol. The zero-order valence-electron chi connectivity index (χ0n) is 8.61. The highest BCUT2D eigenvalue weighted by molar-refractivity contribution is 5.93. The number of carbonyl (C=O) groups is 1. The molecule has 0 amide bonds. The van der Waals surface area contributed by atoms with E-state index in [1.165, 1.54) is 13.2 Å². The van der Waals surface area contributed by atoms with Gasteiger partial charge in [0, 0.05) is 18.1 Å². The fraction of sp³-hybridized carbons (Fsp3) is 0.364. The molecule has 0 radical (unpaired) electrons. The van der Waals surface area contributed by atoms with Crippen molar-refractivity contribution in [2.45, 2.75) is 19.4 Å². The van der Waals surface area contributed by atoms with Gasteiger partial charge in [-0.2, -0.15) is 0 Å². The molecule has 1 heterocycles. The van der Waals surface area contributed by atoms with Crippen molar-refractivity contribution in [1.82, 2.24) is 0 Å². The average Bonchev–Trinajstić information content (AvgIpc) is 2.19. The molecule has 0 saturated heterocycles. The maximum atomic E-state index is 11.5. The van der Waals surface area contributed by atoms with E-state index in [0.717, 1.165) is 0 Å². The molecule has 80 valence electrons. The number of methoxy groups -OCH3 is 1. The predicted octanol–water partition coefficient (Wildman–Crippen LogP) is 1.50. The Morgan fingerprint density at radius 3 is 2.93 bits per heavy atom. The number of phenolic OH excluding ortho intramolecular Hbond substituents is 1. The summed E-state index contributed by atoms with van der Waals surface area (Å²) < 4.78 is 10.0. The van der Waals surface area contributed by atoms with Gasteiger partial charge in [-0.05, 0) is 13.0 Å². The van der Waals surface area contributed by atoms with E-state index in [1.54, 1.807) is 13.0 Å². The number of esters is 1. The third-order valence-electron chi connectivity index (χ3n) is 2.46. The Balaban J connectivity index is 2.55. The van der Waals surface area contributed by atoms with Crippen molar-refractivity contribution in [3.05, 3.63) is 23.3 Å². The van der Waals surface area contributed by atoms with Crippen molar-refractivity contribution in [3.8, 4) is 11.5 Å². The Hall–Kier alpha value is -1.71. The first kappa shape index (κ1) is 9.83. The fourth-order valence-electron chi connectivity index (χ4n) is 1.72. The Morgan fingerprint density at radius 1 is 1.53 bits per heavy atom. The van der Waals surface area contributed by atoms with E-state index >= 15 is 0 Å². The quantitative estimate of drug-likeness (QED) is 0.710. The maximum Gasteiger partial charge on any atom is 0.338 e. The van der Waals surface area contributed by atoms with Crippen LogP contribution in [0.5, 0.6) is 11.5 Å². The molecule has 4 heteroatoms. The molecular formula is C11H12O4. The number of carbonyl (C=O) groups excluding carboxylic acids is 1. The molecule has 1 N–H and O–H groups in total. The largest absolute Gasteiger partial charge is 0.508 e. The molecule has 1 atom stereocenters. The number of benzene rings is 1. The highest BCUT2D eigenvalue weighted by atomic mass is 16.5. The van der Waals surface area contributed by atoms with Crippen molar-refractivity contribution in [2.24, 2.45) is 0 Å². The van der Waals surface area contributed by atoms with Crippen LogP contribution in [-0.2, 0) is 11.2 Å². The van der Waals surface area contributed by atoms with Crippen LogP contribution in [-0.4, -0.2) is 24.3 Å². The molecule has 0 fully saturated rings. The van der Waals surface area contributed by atoms with Crippen LogP contribution in [0.3, 0.4) is 0 Å². The lowest BCUT2D eigenvalue weighted by atomic mass is 9.98. The Bertz CT molecular complexity index is 411. The van der Waals surface area contributed by atoms with Gasteiger partial charge < -0.3 is 14.6 Å². The molecule has 0 spiro atoms. The van der Waals surface area contributed by atoms with Gasteiger partial charge in [-0.1, -0.05) is 0 Å². The molecule has 15 heavy (non-hydrogen) atoms. The van der Waals surface area contributed by atoms with E-state index in [2.05, 4.69) is 0 Å². The van der Waals surface area contributed by atoms with Gasteiger partial charge in [0.15, 0.2) is 0 Å². The van der Waals surface area contributed by atoms with Crippen LogP contribution in [0.15, 0.2) is 12.1 Å². The van der Waals surface area contributed by atoms with E-state index < -0.39 is 5.97 Å². The molecular weight excluding hydrogens is 196 g/mol. The van der Waals surface area contributed by atoms with Gasteiger partial charge in [-0.25, -0.2) is 4.79 Å². The molecule has 1 aromatic rings. The van der Waals surface area contributed by atoms with Crippen LogP contribution in [0.4, 0.5) is 0 Å². The standard InChI is InChI=1S/C11H12O4/c1-6-3-8-9(11(13)15-6)4-7(14-2)5-10(8)12/h4-6,12H,3H2,1-2H3. The number of cyclic esters (lactones) is 1. The highest BCUT2D eigenvalue weighted by Gasteiger charge is 2.26. The van der Waals surface area contributed by atoms with E-state index in [1.807, 2.05) is 0 Å². The number of ether oxygens (including phenoxy) is 2. The number of aromatic hydroxyl groups is 1. The first-order valence-electron chi connectivity index (χ1n) is 4.72. The van der Waals surface area contributed by atoms with Crippen LogP contribution >= 0.6 is 0 Å². The summed E-state index contributed by atoms with van der Waals surface area (Å²) in [5.41, 5.74) is 1.03. The maximum absolute atomic E-state index is 11.5. The first-order chi connectivity index (χ1) is 7.11. The minimum atomic E-state index is -0.405. The smallest absolute Gasteiger partial charge is 0.338 e. The summed E-state index contributed by atoms with van der Waals surface area (Å²) in [7, 11) is 1.48. The van der Waals surface area contributed by atoms with E-state index in [9.17, 15) is 9.90 Å². The van der Waals surface area contributed by atoms with Gasteiger partial charge >= 0.3 is 5.97 Å². The van der Waals surface area contributed by atoms with Gasteiger partial charge in [0.2, 0.25) is 0 Å². The molecule has 4 nitrogen and oxygen atoms in total. The minimum Gasteiger partial charge on any atom is -0.508 e. The second-order valence-corrected chi connectivity index (χ2v) is 3.59. The normalized spacial score (nSPS) is 19.3. The van der Waals surface area contributed by atoms with Crippen LogP contribution in [0.25, 0.3) is 0 Å². The van der Waals surface area contributed by atoms with Crippen molar-refractivity contribution >= 4 is 5.97 Å². The topological polar surface area (TPSA) is 55.8 Å². The summed E-state index contributed by atoms with van der Waals surface area (Å²) in [5, 5.41) is 9.72. The number of phenols is 1. The van der Waals surface area contributed by atoms with Gasteiger partial charge in [0.25, 0.3) is 0 Å². The third-order valence-corrected chi connectivity index (χ3v) is 2.46. The average molecular weight is 208 g/mol. The molecule has 0 aromatic heterocycles. The van der Waals surface area contributed by atoms with Crippen molar-refractivity contribution in [1.29, 1.82) is 0 Å². The third kappa shape index (κ3) is 1.63. The molecule has 1 aliphatic heterocycles. The van der Waals surface area contributed by atoms with Crippen LogP contribution in [0.2, 0.25) is 0 Å². The lowest BCUT2D eigenvalue weighted by Gasteiger charge is -2.22. The van der Waals surface area contributed by atoms with Crippen molar-refractivity contribution in [2.75, 3.05) is 7.11 Å². The number of hydrogen-bond acceptors (Lipinski definition) is 4. The van der Waals surface area contributed by atoms with Crippen LogP contribution in [0.1, 0.15) is 22.8 Å². The van der Waals surface area contributed by atoms with Crippen LogP contribution in [0, 0.1) is 0 Å². The number of hydrogen-bond donors (Lipinski definition) is 1. The highest BCUT2D eigenvalue weighted by Crippen LogP contribution is 2.32. The summed E-state index contributed by atoms with van der Waals surface area (Å²) >= 11 is 0. The summed E-state index contributed by atoms with van der Waals surface area (Å²) in [6, 6.07) is 3.09. The molecule has 1 aliphatic rings. The molecule has 0 bridgehead atoms. The SMILES string of the molecule is COc1cc(O)c2c(c1)C(=O)OC(C)C2. The zero-order valence-corrected chi connectivity index (χ0v) is 8.61. The summed E-state index contributed by atoms with van der Waals surface area (Å²) in [6.07, 6.45) is 0.348. The Morgan fingerprint density at radius 2 is 2.27 bits per heavy atom. The van der Waals surface area contributed by atoms with Crippen molar-refractivity contribution < 1.29 is 19.4 Å². The first-order valence-corrected chi connectivity index (χ1v) is 4.72. The fourth-order valence-corrected chi connectivity index (χ4v) is 1.72. The Kier molecular flexibility index (Phi) is 2.26. The summed E-state index contributed by atoms with van der Waals surface area (Å²) in [5.74, 6) is 0.142. The lowest BCUT2D eigenvalue weighted by Crippen LogP contribution is -2.25. The van der Waals surface area contributed by atoms with E-state index in [-0.39, 0.29) is 11.9 Å². The molecule has 0 aliphatic carbocycles. The lowest BCUT2D eigenvalue weighted by molar-refractivity contribution is 0.0297. The van der Waals surface area contributed by atoms with Crippen LogP contribution < -0.4 is 4.74 Å². The number of rotatable bonds is 1. The van der Waals surface area contributed by atoms with E-state index in [4.69, 9.17) is 9.47 Å². The molecule has 1 aromatic carbocycles. The molecule has 0 saturated carbocycles. The molecule has 2 rings (SSSR count). The van der Waals surface area contributed by atoms with Gasteiger partial charge in [-0.3, -0.25) is 0 Å². The second-order valence-electron chi connectivity index (χ2n) is 3.59. The summed E-state index contributed by atoms with van der Waals surface area (Å²) in [4.78, 5) is 11.5. The zero-order chi connectivity index (χ0) is 11.0. The number of fused-ring (bicyclic) bond motifs is 1. The van der Waals surface area contributed by atoms with Gasteiger partial charge in [0.05, 0.1) is 12.7 Å². The molecule has 1 unspecified atom stereocenters. The van der Waals surface area contributed by atoms with Gasteiger partial charge in [-0.15, -0.1) is 0 Å².